The van der Waals surface area contributed by atoms with Crippen LogP contribution in [-0.2, 0) is 0 Å². The summed E-state index contributed by atoms with van der Waals surface area (Å²) in [4.78, 5) is 10.8. The van der Waals surface area contributed by atoms with Gasteiger partial charge in [0.25, 0.3) is 0 Å². The zero-order valence-corrected chi connectivity index (χ0v) is 9.00. The van der Waals surface area contributed by atoms with Crippen molar-refractivity contribution in [1.29, 1.82) is 0 Å². The van der Waals surface area contributed by atoms with E-state index in [4.69, 9.17) is 4.74 Å². The van der Waals surface area contributed by atoms with Crippen molar-refractivity contribution in [3.63, 3.8) is 0 Å². The molecule has 0 atom stereocenters. The lowest BCUT2D eigenvalue weighted by Gasteiger charge is -2.02. The van der Waals surface area contributed by atoms with Gasteiger partial charge in [0.1, 0.15) is 10.8 Å². The van der Waals surface area contributed by atoms with Gasteiger partial charge < -0.3 is 4.74 Å². The van der Waals surface area contributed by atoms with Gasteiger partial charge in [0.15, 0.2) is 0 Å². The molecule has 0 aliphatic carbocycles. The highest BCUT2D eigenvalue weighted by Crippen LogP contribution is 2.21. The Bertz CT molecular complexity index is 487. The Labute approximate surface area is 90.5 Å². The number of nitrogens with one attached hydrogen (secondary N) is 1. The normalized spacial score (nSPS) is 10.2. The van der Waals surface area contributed by atoms with Gasteiger partial charge in [0.2, 0.25) is 0 Å². The van der Waals surface area contributed by atoms with Crippen molar-refractivity contribution < 1.29 is 4.74 Å². The molecule has 15 heavy (non-hydrogen) atoms. The highest BCUT2D eigenvalue weighted by atomic mass is 32.1. The molecule has 1 aromatic carbocycles. The fourth-order valence-electron chi connectivity index (χ4n) is 1.21. The van der Waals surface area contributed by atoms with Gasteiger partial charge in [-0.15, -0.1) is 0 Å². The fourth-order valence-corrected chi connectivity index (χ4v) is 1.83. The van der Waals surface area contributed by atoms with Crippen molar-refractivity contribution in [2.24, 2.45) is 0 Å². The van der Waals surface area contributed by atoms with Crippen LogP contribution < -0.4 is 9.61 Å². The van der Waals surface area contributed by atoms with E-state index in [0.29, 0.717) is 11.6 Å². The highest BCUT2D eigenvalue weighted by Gasteiger charge is 2.02. The predicted octanol–water partition coefficient (Wildman–Crippen LogP) is 1.90. The molecule has 2 rings (SSSR count). The number of hydrogen-bond donors (Lipinski definition) is 1. The lowest BCUT2D eigenvalue weighted by Crippen LogP contribution is -1.90. The van der Waals surface area contributed by atoms with Gasteiger partial charge in [-0.2, -0.15) is 5.10 Å². The van der Waals surface area contributed by atoms with Crippen molar-refractivity contribution in [3.8, 4) is 16.3 Å². The molecule has 78 valence electrons. The Balaban J connectivity index is 2.27. The van der Waals surface area contributed by atoms with Gasteiger partial charge in [-0.25, -0.2) is 5.10 Å². The SMILES string of the molecule is CCOc1ccc(-c2n[nH]c(=O)s2)cc1. The third kappa shape index (κ3) is 2.24. The van der Waals surface area contributed by atoms with Gasteiger partial charge in [-0.1, -0.05) is 11.3 Å². The zero-order valence-electron chi connectivity index (χ0n) is 8.19. The summed E-state index contributed by atoms with van der Waals surface area (Å²) in [6.45, 7) is 2.59. The minimum Gasteiger partial charge on any atom is -0.494 e. The van der Waals surface area contributed by atoms with E-state index in [2.05, 4.69) is 10.2 Å². The monoisotopic (exact) mass is 222 g/mol. The zero-order chi connectivity index (χ0) is 10.7. The number of ether oxygens (including phenoxy) is 1. The largest absolute Gasteiger partial charge is 0.494 e. The number of aromatic amines is 1. The maximum atomic E-state index is 10.9. The van der Waals surface area contributed by atoms with Crippen molar-refractivity contribution in [2.75, 3.05) is 6.61 Å². The topological polar surface area (TPSA) is 55.0 Å². The number of nitrogens with zero attached hydrogens (tertiary/aromatic N) is 1. The van der Waals surface area contributed by atoms with Crippen molar-refractivity contribution in [2.45, 2.75) is 6.92 Å². The summed E-state index contributed by atoms with van der Waals surface area (Å²) >= 11 is 1.10. The van der Waals surface area contributed by atoms with E-state index in [0.717, 1.165) is 22.6 Å². The van der Waals surface area contributed by atoms with Gasteiger partial charge in [0, 0.05) is 5.56 Å². The van der Waals surface area contributed by atoms with Crippen molar-refractivity contribution in [1.82, 2.24) is 10.2 Å². The molecule has 0 spiro atoms. The van der Waals surface area contributed by atoms with Crippen LogP contribution in [0.1, 0.15) is 6.92 Å². The molecule has 0 aliphatic heterocycles. The summed E-state index contributed by atoms with van der Waals surface area (Å²) in [6.07, 6.45) is 0. The molecule has 0 bridgehead atoms. The number of aromatic nitrogens is 2. The third-order valence-electron chi connectivity index (χ3n) is 1.85. The summed E-state index contributed by atoms with van der Waals surface area (Å²) < 4.78 is 5.32. The van der Waals surface area contributed by atoms with Crippen LogP contribution in [0.15, 0.2) is 29.1 Å². The Kier molecular flexibility index (Phi) is 2.82. The molecule has 0 saturated heterocycles. The molecule has 2 aromatic rings. The number of rotatable bonds is 3. The third-order valence-corrected chi connectivity index (χ3v) is 2.65. The van der Waals surface area contributed by atoms with Crippen LogP contribution in [0.5, 0.6) is 5.75 Å². The van der Waals surface area contributed by atoms with Gasteiger partial charge in [0.05, 0.1) is 6.61 Å². The van der Waals surface area contributed by atoms with E-state index in [-0.39, 0.29) is 4.87 Å². The van der Waals surface area contributed by atoms with E-state index >= 15 is 0 Å². The lowest BCUT2D eigenvalue weighted by molar-refractivity contribution is 0.340. The van der Waals surface area contributed by atoms with E-state index in [9.17, 15) is 4.79 Å². The maximum absolute atomic E-state index is 10.9. The first-order valence-corrected chi connectivity index (χ1v) is 5.40. The first kappa shape index (κ1) is 9.92. The maximum Gasteiger partial charge on any atom is 0.322 e. The Morgan fingerprint density at radius 2 is 2.13 bits per heavy atom. The summed E-state index contributed by atoms with van der Waals surface area (Å²) in [5.41, 5.74) is 0.918. The molecular formula is C10H10N2O2S. The predicted molar refractivity (Wildman–Crippen MR) is 59.3 cm³/mol. The molecular weight excluding hydrogens is 212 g/mol. The van der Waals surface area contributed by atoms with Crippen molar-refractivity contribution >= 4 is 11.3 Å². The lowest BCUT2D eigenvalue weighted by atomic mass is 10.2. The molecule has 4 nitrogen and oxygen atoms in total. The summed E-state index contributed by atoms with van der Waals surface area (Å²) in [5.74, 6) is 0.823. The molecule has 0 amide bonds. The molecule has 0 unspecified atom stereocenters. The second-order valence-corrected chi connectivity index (χ2v) is 3.84. The smallest absolute Gasteiger partial charge is 0.322 e. The first-order valence-electron chi connectivity index (χ1n) is 4.58. The number of benzene rings is 1. The van der Waals surface area contributed by atoms with E-state index in [1.165, 1.54) is 0 Å². The molecule has 5 heteroatoms. The molecule has 0 fully saturated rings. The van der Waals surface area contributed by atoms with Gasteiger partial charge in [-0.3, -0.25) is 4.79 Å². The van der Waals surface area contributed by atoms with Crippen LogP contribution in [-0.4, -0.2) is 16.8 Å². The number of hydrogen-bond acceptors (Lipinski definition) is 4. The summed E-state index contributed by atoms with van der Waals surface area (Å²) in [7, 11) is 0. The van der Waals surface area contributed by atoms with Crippen LogP contribution in [0, 0.1) is 0 Å². The van der Waals surface area contributed by atoms with Gasteiger partial charge in [-0.05, 0) is 31.2 Å². The van der Waals surface area contributed by atoms with Gasteiger partial charge >= 0.3 is 4.87 Å². The number of H-pyrrole nitrogens is 1. The standard InChI is InChI=1S/C10H10N2O2S/c1-2-14-8-5-3-7(4-6-8)9-11-12-10(13)15-9/h3-6H,2H2,1H3,(H,12,13). The van der Waals surface area contributed by atoms with Crippen LogP contribution in [0.25, 0.3) is 10.6 Å². The fraction of sp³-hybridized carbons (Fsp3) is 0.200. The van der Waals surface area contributed by atoms with Crippen molar-refractivity contribution in [3.05, 3.63) is 33.9 Å². The Morgan fingerprint density at radius 1 is 1.40 bits per heavy atom. The second-order valence-electron chi connectivity index (χ2n) is 2.88. The van der Waals surface area contributed by atoms with E-state index in [1.54, 1.807) is 0 Å². The quantitative estimate of drug-likeness (QED) is 0.862. The molecule has 1 N–H and O–H groups in total. The molecule has 0 aliphatic rings. The minimum atomic E-state index is -0.140. The summed E-state index contributed by atoms with van der Waals surface area (Å²) in [6, 6.07) is 7.50. The van der Waals surface area contributed by atoms with Crippen LogP contribution >= 0.6 is 11.3 Å². The van der Waals surface area contributed by atoms with E-state index in [1.807, 2.05) is 31.2 Å². The molecule has 0 radical (unpaired) electrons. The average Bonchev–Trinajstić information content (AvgIpc) is 2.67. The second kappa shape index (κ2) is 4.27. The van der Waals surface area contributed by atoms with E-state index < -0.39 is 0 Å². The minimum absolute atomic E-state index is 0.140. The van der Waals surface area contributed by atoms with Crippen LogP contribution in [0.2, 0.25) is 0 Å². The molecule has 1 heterocycles. The molecule has 1 aromatic heterocycles. The highest BCUT2D eigenvalue weighted by molar-refractivity contribution is 7.12. The molecule has 0 saturated carbocycles. The Morgan fingerprint density at radius 3 is 2.67 bits per heavy atom. The first-order chi connectivity index (χ1) is 7.29. The Hall–Kier alpha value is -1.62. The average molecular weight is 222 g/mol. The van der Waals surface area contributed by atoms with Crippen LogP contribution in [0.4, 0.5) is 0 Å². The van der Waals surface area contributed by atoms with Crippen LogP contribution in [0.3, 0.4) is 0 Å². The summed E-state index contributed by atoms with van der Waals surface area (Å²) in [5, 5.41) is 6.99.